The summed E-state index contributed by atoms with van der Waals surface area (Å²) >= 11 is 5.97. The number of aryl methyl sites for hydroxylation is 1. The van der Waals surface area contributed by atoms with E-state index in [1.165, 1.54) is 0 Å². The van der Waals surface area contributed by atoms with Gasteiger partial charge in [-0.15, -0.1) is 11.6 Å². The summed E-state index contributed by atoms with van der Waals surface area (Å²) in [4.78, 5) is 11.3. The lowest BCUT2D eigenvalue weighted by Gasteiger charge is -2.11. The van der Waals surface area contributed by atoms with Crippen LogP contribution < -0.4 is 10.1 Å². The third kappa shape index (κ3) is 2.63. The van der Waals surface area contributed by atoms with Crippen molar-refractivity contribution in [3.05, 3.63) is 29.3 Å². The van der Waals surface area contributed by atoms with E-state index in [4.69, 9.17) is 16.3 Å². The first kappa shape index (κ1) is 11.9. The predicted octanol–water partition coefficient (Wildman–Crippen LogP) is 2.03. The van der Waals surface area contributed by atoms with Crippen LogP contribution in [-0.4, -0.2) is 20.1 Å². The molecule has 0 aliphatic heterocycles. The molecule has 0 saturated carbocycles. The summed E-state index contributed by atoms with van der Waals surface area (Å²) in [5.74, 6) is 0.584. The number of alkyl halides is 1. The number of carbonyl (C=O) groups excluding carboxylic acids is 1. The largest absolute Gasteiger partial charge is 0.496 e. The average Bonchev–Trinajstić information content (AvgIpc) is 2.26. The van der Waals surface area contributed by atoms with E-state index in [1.54, 1.807) is 20.2 Å². The number of ether oxygens (including phenoxy) is 1. The molecule has 0 aliphatic rings. The number of amides is 1. The molecule has 0 aliphatic carbocycles. The van der Waals surface area contributed by atoms with Crippen LogP contribution in [0.1, 0.15) is 16.5 Å². The van der Waals surface area contributed by atoms with Crippen LogP contribution in [0.3, 0.4) is 0 Å². The van der Waals surface area contributed by atoms with Crippen LogP contribution in [0.15, 0.2) is 18.2 Å². The first-order valence-corrected chi connectivity index (χ1v) is 5.04. The van der Waals surface area contributed by atoms with Gasteiger partial charge < -0.3 is 10.1 Å². The Morgan fingerprint density at radius 3 is 2.67 bits per heavy atom. The molecule has 0 bridgehead atoms. The van der Waals surface area contributed by atoms with Gasteiger partial charge in [-0.1, -0.05) is 12.1 Å². The number of hydrogen-bond donors (Lipinski definition) is 1. The highest BCUT2D eigenvalue weighted by molar-refractivity contribution is 6.30. The zero-order chi connectivity index (χ0) is 11.4. The molecule has 1 amide bonds. The smallest absolute Gasteiger partial charge is 0.242 e. The summed E-state index contributed by atoms with van der Waals surface area (Å²) in [5.41, 5.74) is 1.74. The highest BCUT2D eigenvalue weighted by atomic mass is 35.5. The van der Waals surface area contributed by atoms with Crippen molar-refractivity contribution < 1.29 is 9.53 Å². The molecule has 1 aromatic rings. The maximum absolute atomic E-state index is 11.3. The van der Waals surface area contributed by atoms with Crippen molar-refractivity contribution in [3.8, 4) is 5.75 Å². The van der Waals surface area contributed by atoms with Gasteiger partial charge in [0.1, 0.15) is 11.1 Å². The summed E-state index contributed by atoms with van der Waals surface area (Å²) in [6, 6.07) is 5.45. The molecular weight excluding hydrogens is 214 g/mol. The number of likely N-dealkylation sites (N-methyl/N-ethyl adjacent to an activating group) is 1. The van der Waals surface area contributed by atoms with Gasteiger partial charge in [0, 0.05) is 7.05 Å². The minimum atomic E-state index is -0.653. The Morgan fingerprint density at radius 1 is 1.53 bits per heavy atom. The molecule has 82 valence electrons. The second kappa shape index (κ2) is 5.03. The van der Waals surface area contributed by atoms with E-state index in [9.17, 15) is 4.79 Å². The van der Waals surface area contributed by atoms with Crippen molar-refractivity contribution in [3.63, 3.8) is 0 Å². The van der Waals surface area contributed by atoms with Gasteiger partial charge in [0.05, 0.1) is 7.11 Å². The molecule has 1 unspecified atom stereocenters. The average molecular weight is 228 g/mol. The Bertz CT molecular complexity index is 366. The molecule has 1 rings (SSSR count). The monoisotopic (exact) mass is 227 g/mol. The number of methoxy groups -OCH3 is 1. The molecule has 0 heterocycles. The molecule has 0 radical (unpaired) electrons. The zero-order valence-corrected chi connectivity index (χ0v) is 9.76. The van der Waals surface area contributed by atoms with E-state index in [2.05, 4.69) is 5.32 Å². The SMILES string of the molecule is CNC(=O)C(Cl)c1ccc(OC)c(C)c1. The van der Waals surface area contributed by atoms with Crippen molar-refractivity contribution in [1.82, 2.24) is 5.32 Å². The first-order valence-electron chi connectivity index (χ1n) is 4.60. The first-order chi connectivity index (χ1) is 7.10. The van der Waals surface area contributed by atoms with Crippen LogP contribution in [-0.2, 0) is 4.79 Å². The van der Waals surface area contributed by atoms with Gasteiger partial charge in [-0.3, -0.25) is 4.79 Å². The van der Waals surface area contributed by atoms with Crippen molar-refractivity contribution >= 4 is 17.5 Å². The number of hydrogen-bond acceptors (Lipinski definition) is 2. The van der Waals surface area contributed by atoms with Gasteiger partial charge in [0.25, 0.3) is 0 Å². The molecule has 3 nitrogen and oxygen atoms in total. The van der Waals surface area contributed by atoms with Crippen LogP contribution in [0, 0.1) is 6.92 Å². The summed E-state index contributed by atoms with van der Waals surface area (Å²) in [5, 5.41) is 1.86. The highest BCUT2D eigenvalue weighted by Crippen LogP contribution is 2.26. The van der Waals surface area contributed by atoms with Gasteiger partial charge in [-0.05, 0) is 24.1 Å². The fourth-order valence-electron chi connectivity index (χ4n) is 1.34. The van der Waals surface area contributed by atoms with Crippen LogP contribution in [0.5, 0.6) is 5.75 Å². The van der Waals surface area contributed by atoms with Gasteiger partial charge >= 0.3 is 0 Å². The lowest BCUT2D eigenvalue weighted by atomic mass is 10.1. The number of nitrogens with one attached hydrogen (secondary N) is 1. The topological polar surface area (TPSA) is 38.3 Å². The van der Waals surface area contributed by atoms with Gasteiger partial charge in [-0.2, -0.15) is 0 Å². The second-order valence-electron chi connectivity index (χ2n) is 3.21. The Kier molecular flexibility index (Phi) is 3.97. The molecule has 4 heteroatoms. The fraction of sp³-hybridized carbons (Fsp3) is 0.364. The van der Waals surface area contributed by atoms with Crippen molar-refractivity contribution in [1.29, 1.82) is 0 Å². The maximum atomic E-state index is 11.3. The van der Waals surface area contributed by atoms with Crippen LogP contribution in [0.4, 0.5) is 0 Å². The van der Waals surface area contributed by atoms with Crippen LogP contribution in [0.25, 0.3) is 0 Å². The molecule has 1 aromatic carbocycles. The third-order valence-corrected chi connectivity index (χ3v) is 2.64. The number of rotatable bonds is 3. The molecule has 0 spiro atoms. The van der Waals surface area contributed by atoms with Crippen molar-refractivity contribution in [2.45, 2.75) is 12.3 Å². The Hall–Kier alpha value is -1.22. The Balaban J connectivity index is 2.97. The zero-order valence-electron chi connectivity index (χ0n) is 9.00. The predicted molar refractivity (Wildman–Crippen MR) is 60.4 cm³/mol. The summed E-state index contributed by atoms with van der Waals surface area (Å²) in [6.45, 7) is 1.91. The molecule has 0 saturated heterocycles. The minimum absolute atomic E-state index is 0.207. The van der Waals surface area contributed by atoms with E-state index < -0.39 is 5.38 Å². The van der Waals surface area contributed by atoms with E-state index >= 15 is 0 Å². The minimum Gasteiger partial charge on any atom is -0.496 e. The molecule has 1 atom stereocenters. The van der Waals surface area contributed by atoms with Crippen LogP contribution >= 0.6 is 11.6 Å². The maximum Gasteiger partial charge on any atom is 0.242 e. The van der Waals surface area contributed by atoms with Gasteiger partial charge in [-0.25, -0.2) is 0 Å². The van der Waals surface area contributed by atoms with E-state index in [0.29, 0.717) is 0 Å². The molecular formula is C11H14ClNO2. The summed E-state index contributed by atoms with van der Waals surface area (Å²) in [6.07, 6.45) is 0. The highest BCUT2D eigenvalue weighted by Gasteiger charge is 2.16. The number of halogens is 1. The molecule has 0 fully saturated rings. The molecule has 1 N–H and O–H groups in total. The second-order valence-corrected chi connectivity index (χ2v) is 3.64. The number of carbonyl (C=O) groups is 1. The summed E-state index contributed by atoms with van der Waals surface area (Å²) in [7, 11) is 3.17. The van der Waals surface area contributed by atoms with Crippen molar-refractivity contribution in [2.24, 2.45) is 0 Å². The quantitative estimate of drug-likeness (QED) is 0.803. The van der Waals surface area contributed by atoms with Gasteiger partial charge in [0.15, 0.2) is 0 Å². The fourth-order valence-corrected chi connectivity index (χ4v) is 1.58. The van der Waals surface area contributed by atoms with E-state index in [-0.39, 0.29) is 5.91 Å². The number of benzene rings is 1. The van der Waals surface area contributed by atoms with E-state index in [0.717, 1.165) is 16.9 Å². The standard InChI is InChI=1S/C11H14ClNO2/c1-7-6-8(4-5-9(7)15-3)10(12)11(14)13-2/h4-6,10H,1-3H3,(H,13,14). The summed E-state index contributed by atoms with van der Waals surface area (Å²) < 4.78 is 5.12. The molecule has 15 heavy (non-hydrogen) atoms. The lowest BCUT2D eigenvalue weighted by molar-refractivity contribution is -0.120. The Morgan fingerprint density at radius 2 is 2.20 bits per heavy atom. The molecule has 0 aromatic heterocycles. The third-order valence-electron chi connectivity index (χ3n) is 2.19. The van der Waals surface area contributed by atoms with E-state index in [1.807, 2.05) is 19.1 Å². The Labute approximate surface area is 94.4 Å². The van der Waals surface area contributed by atoms with Crippen LogP contribution in [0.2, 0.25) is 0 Å². The van der Waals surface area contributed by atoms with Gasteiger partial charge in [0.2, 0.25) is 5.91 Å². The normalized spacial score (nSPS) is 12.0. The lowest BCUT2D eigenvalue weighted by Crippen LogP contribution is -2.22. The van der Waals surface area contributed by atoms with Crippen molar-refractivity contribution in [2.75, 3.05) is 14.2 Å².